The lowest BCUT2D eigenvalue weighted by atomic mass is 10.1. The van der Waals surface area contributed by atoms with Crippen molar-refractivity contribution in [3.63, 3.8) is 0 Å². The predicted molar refractivity (Wildman–Crippen MR) is 59.6 cm³/mol. The van der Waals surface area contributed by atoms with Gasteiger partial charge in [-0.1, -0.05) is 13.0 Å². The van der Waals surface area contributed by atoms with Gasteiger partial charge in [0.2, 0.25) is 5.75 Å². The summed E-state index contributed by atoms with van der Waals surface area (Å²) in [6, 6.07) is 5.57. The fourth-order valence-electron chi connectivity index (χ4n) is 1.38. The Morgan fingerprint density at radius 1 is 1.53 bits per heavy atom. The molecular formula is C12H17O3+. The molecule has 1 aromatic carbocycles. The van der Waals surface area contributed by atoms with Gasteiger partial charge in [0.05, 0.1) is 19.3 Å². The van der Waals surface area contributed by atoms with Crippen LogP contribution >= 0.6 is 0 Å². The number of hydrogen-bond donors (Lipinski definition) is 1. The molecule has 0 heterocycles. The SMILES string of the molecule is C=[O+]c1cc(CC(O)CC)ccc1OC. The Balaban J connectivity index is 2.88. The Bertz CT molecular complexity index is 334. The number of rotatable bonds is 5. The van der Waals surface area contributed by atoms with E-state index in [-0.39, 0.29) is 6.10 Å². The van der Waals surface area contributed by atoms with Crippen LogP contribution in [-0.2, 0) is 10.8 Å². The average Bonchev–Trinajstić information content (AvgIpc) is 2.28. The number of hydrogen-bond acceptors (Lipinski definition) is 2. The van der Waals surface area contributed by atoms with Crippen LogP contribution in [-0.4, -0.2) is 25.1 Å². The summed E-state index contributed by atoms with van der Waals surface area (Å²) in [7, 11) is 1.58. The summed E-state index contributed by atoms with van der Waals surface area (Å²) in [6.07, 6.45) is 1.06. The van der Waals surface area contributed by atoms with Crippen LogP contribution in [0.3, 0.4) is 0 Å². The van der Waals surface area contributed by atoms with E-state index >= 15 is 0 Å². The zero-order valence-electron chi connectivity index (χ0n) is 9.19. The highest BCUT2D eigenvalue weighted by Gasteiger charge is 2.13. The second-order valence-corrected chi connectivity index (χ2v) is 3.40. The third-order valence-corrected chi connectivity index (χ3v) is 2.33. The number of ether oxygens (including phenoxy) is 1. The highest BCUT2D eigenvalue weighted by molar-refractivity contribution is 5.42. The molecule has 0 radical (unpaired) electrons. The molecule has 3 nitrogen and oxygen atoms in total. The quantitative estimate of drug-likeness (QED) is 0.754. The van der Waals surface area contributed by atoms with Crippen molar-refractivity contribution in [1.29, 1.82) is 0 Å². The minimum Gasteiger partial charge on any atom is -0.488 e. The monoisotopic (exact) mass is 209 g/mol. The summed E-state index contributed by atoms with van der Waals surface area (Å²) in [6.45, 7) is 5.31. The van der Waals surface area contributed by atoms with Crippen LogP contribution in [0.25, 0.3) is 0 Å². The molecule has 0 spiro atoms. The van der Waals surface area contributed by atoms with Crippen LogP contribution < -0.4 is 4.74 Å². The van der Waals surface area contributed by atoms with Gasteiger partial charge >= 0.3 is 5.75 Å². The molecule has 1 rings (SSSR count). The van der Waals surface area contributed by atoms with E-state index in [1.807, 2.05) is 25.1 Å². The van der Waals surface area contributed by atoms with Crippen LogP contribution in [0.2, 0.25) is 0 Å². The predicted octanol–water partition coefficient (Wildman–Crippen LogP) is 2.09. The molecule has 1 aromatic rings. The van der Waals surface area contributed by atoms with E-state index in [0.29, 0.717) is 17.9 Å². The van der Waals surface area contributed by atoms with Gasteiger partial charge in [-0.3, -0.25) is 0 Å². The fraction of sp³-hybridized carbons (Fsp3) is 0.417. The van der Waals surface area contributed by atoms with Gasteiger partial charge in [0.15, 0.2) is 0 Å². The molecule has 1 unspecified atom stereocenters. The Morgan fingerprint density at radius 2 is 2.27 bits per heavy atom. The van der Waals surface area contributed by atoms with Crippen molar-refractivity contribution in [1.82, 2.24) is 0 Å². The van der Waals surface area contributed by atoms with Crippen LogP contribution in [0.4, 0.5) is 0 Å². The van der Waals surface area contributed by atoms with Gasteiger partial charge < -0.3 is 9.84 Å². The molecule has 0 saturated carbocycles. The molecular weight excluding hydrogens is 192 g/mol. The Kier molecular flexibility index (Phi) is 4.31. The van der Waals surface area contributed by atoms with Crippen molar-refractivity contribution in [2.45, 2.75) is 25.9 Å². The first kappa shape index (κ1) is 11.7. The molecule has 82 valence electrons. The van der Waals surface area contributed by atoms with E-state index < -0.39 is 0 Å². The van der Waals surface area contributed by atoms with Crippen molar-refractivity contribution >= 4 is 6.79 Å². The zero-order valence-corrected chi connectivity index (χ0v) is 9.19. The molecule has 0 aromatic heterocycles. The number of methoxy groups -OCH3 is 1. The lowest BCUT2D eigenvalue weighted by Crippen LogP contribution is -2.08. The van der Waals surface area contributed by atoms with Gasteiger partial charge in [0.25, 0.3) is 6.79 Å². The number of benzene rings is 1. The third kappa shape index (κ3) is 3.06. The largest absolute Gasteiger partial charge is 0.488 e. The summed E-state index contributed by atoms with van der Waals surface area (Å²) >= 11 is 0. The Labute approximate surface area is 90.0 Å². The fourth-order valence-corrected chi connectivity index (χ4v) is 1.38. The van der Waals surface area contributed by atoms with E-state index in [1.165, 1.54) is 0 Å². The second-order valence-electron chi connectivity index (χ2n) is 3.40. The molecule has 0 amide bonds. The smallest absolute Gasteiger partial charge is 0.393 e. The molecule has 1 N–H and O–H groups in total. The summed E-state index contributed by atoms with van der Waals surface area (Å²) in [5, 5.41) is 9.51. The van der Waals surface area contributed by atoms with Gasteiger partial charge in [-0.2, -0.15) is 0 Å². The molecule has 0 saturated heterocycles. The molecule has 0 bridgehead atoms. The van der Waals surface area contributed by atoms with Gasteiger partial charge in [0, 0.05) is 0 Å². The third-order valence-electron chi connectivity index (χ3n) is 2.33. The summed E-state index contributed by atoms with van der Waals surface area (Å²) in [4.78, 5) is 0. The summed E-state index contributed by atoms with van der Waals surface area (Å²) < 4.78 is 10.0. The first-order valence-electron chi connectivity index (χ1n) is 4.98. The molecule has 0 fully saturated rings. The highest BCUT2D eigenvalue weighted by Crippen LogP contribution is 2.28. The maximum Gasteiger partial charge on any atom is 0.393 e. The lowest BCUT2D eigenvalue weighted by Gasteiger charge is -2.07. The maximum atomic E-state index is 9.51. The Hall–Kier alpha value is -1.35. The minimum atomic E-state index is -0.309. The summed E-state index contributed by atoms with van der Waals surface area (Å²) in [5.74, 6) is 1.25. The van der Waals surface area contributed by atoms with Crippen LogP contribution in [0.5, 0.6) is 11.5 Å². The van der Waals surface area contributed by atoms with E-state index in [2.05, 4.69) is 6.79 Å². The van der Waals surface area contributed by atoms with Crippen LogP contribution in [0, 0.1) is 0 Å². The normalized spacial score (nSPS) is 12.2. The standard InChI is InChI=1S/C12H17O3/c1-4-10(13)7-9-5-6-11(14-2)12(8-9)15-3/h5-6,8,10,13H,3-4,7H2,1-2H3/q+1. The first-order valence-corrected chi connectivity index (χ1v) is 4.98. The van der Waals surface area contributed by atoms with Gasteiger partial charge in [-0.15, -0.1) is 0 Å². The van der Waals surface area contributed by atoms with Crippen molar-refractivity contribution < 1.29 is 14.3 Å². The zero-order chi connectivity index (χ0) is 11.3. The molecule has 0 aliphatic carbocycles. The van der Waals surface area contributed by atoms with E-state index in [4.69, 9.17) is 9.16 Å². The van der Waals surface area contributed by atoms with Crippen molar-refractivity contribution in [2.75, 3.05) is 7.11 Å². The number of aliphatic hydroxyl groups is 1. The molecule has 1 atom stereocenters. The Morgan fingerprint density at radius 3 is 2.80 bits per heavy atom. The molecule has 15 heavy (non-hydrogen) atoms. The number of carbonyl (C=O) groups excluding carboxylic acids is 1. The van der Waals surface area contributed by atoms with Gasteiger partial charge in [-0.05, 0) is 24.5 Å². The van der Waals surface area contributed by atoms with Crippen molar-refractivity contribution in [3.05, 3.63) is 23.8 Å². The average molecular weight is 209 g/mol. The van der Waals surface area contributed by atoms with Gasteiger partial charge in [0.1, 0.15) is 0 Å². The lowest BCUT2D eigenvalue weighted by molar-refractivity contribution is -0.356. The van der Waals surface area contributed by atoms with Crippen molar-refractivity contribution in [3.8, 4) is 11.5 Å². The van der Waals surface area contributed by atoms with Crippen LogP contribution in [0.15, 0.2) is 18.2 Å². The minimum absolute atomic E-state index is 0.309. The van der Waals surface area contributed by atoms with Gasteiger partial charge in [-0.25, -0.2) is 4.42 Å². The summed E-state index contributed by atoms with van der Waals surface area (Å²) in [5.41, 5.74) is 1.02. The molecule has 0 aliphatic heterocycles. The van der Waals surface area contributed by atoms with E-state index in [1.54, 1.807) is 7.11 Å². The first-order chi connectivity index (χ1) is 7.21. The van der Waals surface area contributed by atoms with E-state index in [0.717, 1.165) is 12.0 Å². The second kappa shape index (κ2) is 5.51. The molecule has 3 heteroatoms. The van der Waals surface area contributed by atoms with Crippen molar-refractivity contribution in [2.24, 2.45) is 0 Å². The topological polar surface area (TPSA) is 40.8 Å². The highest BCUT2D eigenvalue weighted by atomic mass is 16.5. The van der Waals surface area contributed by atoms with Crippen LogP contribution in [0.1, 0.15) is 18.9 Å². The molecule has 0 aliphatic rings. The number of aliphatic hydroxyl groups excluding tert-OH is 1. The maximum absolute atomic E-state index is 9.51. The van der Waals surface area contributed by atoms with E-state index in [9.17, 15) is 5.11 Å².